The molecule has 1 aromatic carbocycles. The lowest BCUT2D eigenvalue weighted by Crippen LogP contribution is -2.24. The first-order chi connectivity index (χ1) is 8.65. The molecular weight excluding hydrogens is 273 g/mol. The summed E-state index contributed by atoms with van der Waals surface area (Å²) in [6, 6.07) is 4.91. The smallest absolute Gasteiger partial charge is 0.411 e. The lowest BCUT2D eigenvalue weighted by Gasteiger charge is -2.22. The molecular formula is C13H15Cl2NO2. The van der Waals surface area contributed by atoms with Crippen LogP contribution in [0.15, 0.2) is 18.2 Å². The Balaban J connectivity index is 1.92. The van der Waals surface area contributed by atoms with Crippen LogP contribution in [-0.4, -0.2) is 12.2 Å². The number of carbonyl (C=O) groups is 1. The number of hydrogen-bond donors (Lipinski definition) is 1. The van der Waals surface area contributed by atoms with Gasteiger partial charge in [-0.1, -0.05) is 29.6 Å². The van der Waals surface area contributed by atoms with Crippen LogP contribution in [0.3, 0.4) is 0 Å². The molecule has 1 N–H and O–H groups in total. The number of rotatable bonds is 2. The summed E-state index contributed by atoms with van der Waals surface area (Å²) in [4.78, 5) is 11.7. The van der Waals surface area contributed by atoms with Gasteiger partial charge in [-0.3, -0.25) is 5.32 Å². The molecule has 18 heavy (non-hydrogen) atoms. The predicted octanol–water partition coefficient (Wildman–Crippen LogP) is 4.87. The summed E-state index contributed by atoms with van der Waals surface area (Å²) in [5.41, 5.74) is 0.477. The molecule has 0 bridgehead atoms. The van der Waals surface area contributed by atoms with Crippen molar-refractivity contribution in [3.05, 3.63) is 28.2 Å². The highest BCUT2D eigenvalue weighted by Gasteiger charge is 2.18. The molecule has 0 spiro atoms. The van der Waals surface area contributed by atoms with Gasteiger partial charge in [-0.05, 0) is 43.9 Å². The Morgan fingerprint density at radius 2 is 1.94 bits per heavy atom. The minimum Gasteiger partial charge on any atom is -0.446 e. The van der Waals surface area contributed by atoms with Crippen LogP contribution in [0.4, 0.5) is 10.5 Å². The number of ether oxygens (including phenoxy) is 1. The Hall–Kier alpha value is -0.930. The second-order valence-corrected chi connectivity index (χ2v) is 5.26. The summed E-state index contributed by atoms with van der Waals surface area (Å²) < 4.78 is 5.34. The van der Waals surface area contributed by atoms with E-state index in [1.807, 2.05) is 0 Å². The lowest BCUT2D eigenvalue weighted by molar-refractivity contribution is 0.0865. The van der Waals surface area contributed by atoms with E-state index >= 15 is 0 Å². The van der Waals surface area contributed by atoms with Crippen LogP contribution in [0.25, 0.3) is 0 Å². The molecule has 0 saturated heterocycles. The number of anilines is 1. The van der Waals surface area contributed by atoms with E-state index in [9.17, 15) is 4.79 Å². The Morgan fingerprint density at radius 3 is 2.67 bits per heavy atom. The topological polar surface area (TPSA) is 38.3 Å². The van der Waals surface area contributed by atoms with Crippen LogP contribution in [0.1, 0.15) is 32.1 Å². The van der Waals surface area contributed by atoms with E-state index in [4.69, 9.17) is 27.9 Å². The zero-order valence-electron chi connectivity index (χ0n) is 9.92. The first-order valence-corrected chi connectivity index (χ1v) is 6.83. The first-order valence-electron chi connectivity index (χ1n) is 6.08. The molecule has 0 atom stereocenters. The summed E-state index contributed by atoms with van der Waals surface area (Å²) in [6.45, 7) is 0. The fourth-order valence-corrected chi connectivity index (χ4v) is 2.40. The highest BCUT2D eigenvalue weighted by Crippen LogP contribution is 2.26. The number of hydrogen-bond acceptors (Lipinski definition) is 2. The number of amides is 1. The third-order valence-corrected chi connectivity index (χ3v) is 3.56. The summed E-state index contributed by atoms with van der Waals surface area (Å²) in [5, 5.41) is 3.59. The molecule has 5 heteroatoms. The summed E-state index contributed by atoms with van der Waals surface area (Å²) in [5.74, 6) is 0. The molecule has 0 heterocycles. The highest BCUT2D eigenvalue weighted by atomic mass is 35.5. The molecule has 3 nitrogen and oxygen atoms in total. The molecule has 1 aliphatic rings. The first kappa shape index (κ1) is 13.5. The highest BCUT2D eigenvalue weighted by molar-refractivity contribution is 6.35. The van der Waals surface area contributed by atoms with Crippen LogP contribution in [0, 0.1) is 0 Å². The van der Waals surface area contributed by atoms with Crippen LogP contribution in [0.5, 0.6) is 0 Å². The van der Waals surface area contributed by atoms with Gasteiger partial charge in [0.2, 0.25) is 0 Å². The molecule has 0 aliphatic heterocycles. The van der Waals surface area contributed by atoms with E-state index in [1.54, 1.807) is 18.2 Å². The average Bonchev–Trinajstić information content (AvgIpc) is 2.35. The maximum absolute atomic E-state index is 11.7. The maximum atomic E-state index is 11.7. The van der Waals surface area contributed by atoms with Crippen molar-refractivity contribution in [2.45, 2.75) is 38.2 Å². The van der Waals surface area contributed by atoms with Gasteiger partial charge in [0.25, 0.3) is 0 Å². The van der Waals surface area contributed by atoms with Crippen molar-refractivity contribution in [2.75, 3.05) is 5.32 Å². The van der Waals surface area contributed by atoms with Crippen LogP contribution < -0.4 is 5.32 Å². The Labute approximate surface area is 116 Å². The Morgan fingerprint density at radius 1 is 1.22 bits per heavy atom. The van der Waals surface area contributed by atoms with Crippen molar-refractivity contribution in [2.24, 2.45) is 0 Å². The lowest BCUT2D eigenvalue weighted by atomic mass is 9.98. The molecule has 1 aliphatic carbocycles. The number of carbonyl (C=O) groups excluding carboxylic acids is 1. The fraction of sp³-hybridized carbons (Fsp3) is 0.462. The van der Waals surface area contributed by atoms with Crippen molar-refractivity contribution < 1.29 is 9.53 Å². The van der Waals surface area contributed by atoms with Crippen LogP contribution >= 0.6 is 23.2 Å². The second-order valence-electron chi connectivity index (χ2n) is 4.41. The van der Waals surface area contributed by atoms with Gasteiger partial charge in [0.1, 0.15) is 6.10 Å². The van der Waals surface area contributed by atoms with Gasteiger partial charge in [-0.15, -0.1) is 0 Å². The molecule has 0 aromatic heterocycles. The zero-order valence-corrected chi connectivity index (χ0v) is 11.4. The summed E-state index contributed by atoms with van der Waals surface area (Å²) in [6.07, 6.45) is 4.91. The van der Waals surface area contributed by atoms with E-state index in [0.29, 0.717) is 15.7 Å². The van der Waals surface area contributed by atoms with Crippen molar-refractivity contribution in [1.82, 2.24) is 0 Å². The fourth-order valence-electron chi connectivity index (χ4n) is 2.07. The van der Waals surface area contributed by atoms with E-state index in [2.05, 4.69) is 5.32 Å². The number of halogens is 2. The minimum atomic E-state index is -0.467. The van der Waals surface area contributed by atoms with Gasteiger partial charge >= 0.3 is 6.09 Å². The summed E-state index contributed by atoms with van der Waals surface area (Å²) in [7, 11) is 0. The van der Waals surface area contributed by atoms with Crippen molar-refractivity contribution >= 4 is 35.0 Å². The third kappa shape index (κ3) is 3.79. The number of benzene rings is 1. The van der Waals surface area contributed by atoms with E-state index in [1.165, 1.54) is 6.42 Å². The minimum absolute atomic E-state index is 0.0247. The van der Waals surface area contributed by atoms with Gasteiger partial charge in [0, 0.05) is 5.02 Å². The molecule has 0 radical (unpaired) electrons. The van der Waals surface area contributed by atoms with E-state index in [0.717, 1.165) is 25.7 Å². The van der Waals surface area contributed by atoms with Gasteiger partial charge in [-0.25, -0.2) is 4.79 Å². The normalized spacial score (nSPS) is 16.3. The molecule has 1 saturated carbocycles. The predicted molar refractivity (Wildman–Crippen MR) is 73.4 cm³/mol. The van der Waals surface area contributed by atoms with Crippen molar-refractivity contribution in [1.29, 1.82) is 0 Å². The molecule has 1 aromatic rings. The SMILES string of the molecule is O=C(Nc1cc(Cl)ccc1Cl)OC1CCCCC1. The largest absolute Gasteiger partial charge is 0.446 e. The second kappa shape index (κ2) is 6.30. The molecule has 1 amide bonds. The van der Waals surface area contributed by atoms with Gasteiger partial charge < -0.3 is 4.74 Å². The Bertz CT molecular complexity index is 431. The summed E-state index contributed by atoms with van der Waals surface area (Å²) >= 11 is 11.8. The standard InChI is InChI=1S/C13H15Cl2NO2/c14-9-6-7-11(15)12(8-9)16-13(17)18-10-4-2-1-3-5-10/h6-8,10H,1-5H2,(H,16,17). The van der Waals surface area contributed by atoms with Crippen molar-refractivity contribution in [3.63, 3.8) is 0 Å². The van der Waals surface area contributed by atoms with Crippen LogP contribution in [0.2, 0.25) is 10.0 Å². The van der Waals surface area contributed by atoms with Crippen molar-refractivity contribution in [3.8, 4) is 0 Å². The monoisotopic (exact) mass is 287 g/mol. The molecule has 0 unspecified atom stereocenters. The third-order valence-electron chi connectivity index (χ3n) is 2.99. The van der Waals surface area contributed by atoms with Crippen LogP contribution in [-0.2, 0) is 4.74 Å². The average molecular weight is 288 g/mol. The van der Waals surface area contributed by atoms with Gasteiger partial charge in [0.15, 0.2) is 0 Å². The maximum Gasteiger partial charge on any atom is 0.411 e. The van der Waals surface area contributed by atoms with Gasteiger partial charge in [-0.2, -0.15) is 0 Å². The van der Waals surface area contributed by atoms with Gasteiger partial charge in [0.05, 0.1) is 10.7 Å². The zero-order chi connectivity index (χ0) is 13.0. The molecule has 1 fully saturated rings. The Kier molecular flexibility index (Phi) is 4.72. The van der Waals surface area contributed by atoms with E-state index in [-0.39, 0.29) is 6.10 Å². The molecule has 98 valence electrons. The quantitative estimate of drug-likeness (QED) is 0.842. The van der Waals surface area contributed by atoms with E-state index < -0.39 is 6.09 Å². The number of nitrogens with one attached hydrogen (secondary N) is 1. The molecule has 2 rings (SSSR count).